The molecular weight excluding hydrogens is 404 g/mol. The standard InChI is InChI=1S/C21H26N4O4S/c1-29-12-11-25(20(28)16-7-3-2-4-8-16)14-18(26)23-21-22-17(15-30-21)13-19(27)24-9-5-6-10-24/h2-4,7-8,15H,5-6,9-14H2,1H3,(H,22,23,26). The van der Waals surface area contributed by atoms with E-state index in [0.717, 1.165) is 25.9 Å². The van der Waals surface area contributed by atoms with Crippen molar-refractivity contribution in [2.75, 3.05) is 45.2 Å². The second-order valence-corrected chi connectivity index (χ2v) is 7.90. The van der Waals surface area contributed by atoms with Gasteiger partial charge in [0.1, 0.15) is 6.54 Å². The molecule has 2 aromatic rings. The average molecular weight is 431 g/mol. The Kier molecular flexibility index (Phi) is 7.92. The maximum absolute atomic E-state index is 12.7. The quantitative estimate of drug-likeness (QED) is 0.657. The molecule has 1 N–H and O–H groups in total. The van der Waals surface area contributed by atoms with E-state index in [1.54, 1.807) is 36.8 Å². The number of amides is 3. The van der Waals surface area contributed by atoms with Crippen LogP contribution in [-0.4, -0.2) is 72.4 Å². The zero-order valence-electron chi connectivity index (χ0n) is 17.0. The molecule has 1 aromatic carbocycles. The highest BCUT2D eigenvalue weighted by Crippen LogP contribution is 2.18. The zero-order chi connectivity index (χ0) is 21.3. The van der Waals surface area contributed by atoms with Crippen LogP contribution in [0.2, 0.25) is 0 Å². The fourth-order valence-electron chi connectivity index (χ4n) is 3.23. The second kappa shape index (κ2) is 10.8. The van der Waals surface area contributed by atoms with E-state index in [4.69, 9.17) is 4.74 Å². The number of hydrogen-bond donors (Lipinski definition) is 1. The first-order chi connectivity index (χ1) is 14.6. The SMILES string of the molecule is COCCN(CC(=O)Nc1nc(CC(=O)N2CCCC2)cs1)C(=O)c1ccccc1. The number of carbonyl (C=O) groups excluding carboxylic acids is 3. The Morgan fingerprint density at radius 1 is 1.20 bits per heavy atom. The molecule has 1 saturated heterocycles. The van der Waals surface area contributed by atoms with Gasteiger partial charge in [0.05, 0.1) is 18.7 Å². The third kappa shape index (κ3) is 6.11. The van der Waals surface area contributed by atoms with E-state index in [1.165, 1.54) is 16.2 Å². The van der Waals surface area contributed by atoms with Crippen molar-refractivity contribution in [1.29, 1.82) is 0 Å². The number of rotatable bonds is 9. The summed E-state index contributed by atoms with van der Waals surface area (Å²) >= 11 is 1.27. The fourth-order valence-corrected chi connectivity index (χ4v) is 3.95. The third-order valence-corrected chi connectivity index (χ3v) is 5.60. The van der Waals surface area contributed by atoms with E-state index in [-0.39, 0.29) is 30.7 Å². The molecule has 30 heavy (non-hydrogen) atoms. The van der Waals surface area contributed by atoms with Gasteiger partial charge in [-0.2, -0.15) is 0 Å². The molecular formula is C21H26N4O4S. The molecule has 0 radical (unpaired) electrons. The molecule has 3 rings (SSSR count). The first-order valence-electron chi connectivity index (χ1n) is 9.92. The predicted octanol–water partition coefficient (Wildman–Crippen LogP) is 2.04. The van der Waals surface area contributed by atoms with Gasteiger partial charge in [0.25, 0.3) is 5.91 Å². The van der Waals surface area contributed by atoms with Crippen LogP contribution in [0.4, 0.5) is 5.13 Å². The Hall–Kier alpha value is -2.78. The number of likely N-dealkylation sites (tertiary alicyclic amines) is 1. The summed E-state index contributed by atoms with van der Waals surface area (Å²) in [6.45, 7) is 2.12. The summed E-state index contributed by atoms with van der Waals surface area (Å²) < 4.78 is 5.07. The number of anilines is 1. The Morgan fingerprint density at radius 2 is 1.93 bits per heavy atom. The highest BCUT2D eigenvalue weighted by Gasteiger charge is 2.21. The third-order valence-electron chi connectivity index (χ3n) is 4.80. The van der Waals surface area contributed by atoms with Crippen molar-refractivity contribution in [2.24, 2.45) is 0 Å². The van der Waals surface area contributed by atoms with Crippen LogP contribution in [0.5, 0.6) is 0 Å². The van der Waals surface area contributed by atoms with Gasteiger partial charge in [-0.05, 0) is 25.0 Å². The second-order valence-electron chi connectivity index (χ2n) is 7.04. The Morgan fingerprint density at radius 3 is 2.63 bits per heavy atom. The van der Waals surface area contributed by atoms with Crippen LogP contribution in [0.15, 0.2) is 35.7 Å². The van der Waals surface area contributed by atoms with E-state index in [0.29, 0.717) is 29.5 Å². The number of carbonyl (C=O) groups is 3. The van der Waals surface area contributed by atoms with Crippen molar-refractivity contribution in [3.8, 4) is 0 Å². The predicted molar refractivity (Wildman–Crippen MR) is 114 cm³/mol. The van der Waals surface area contributed by atoms with Gasteiger partial charge in [0.2, 0.25) is 11.8 Å². The summed E-state index contributed by atoms with van der Waals surface area (Å²) in [4.78, 5) is 45.1. The van der Waals surface area contributed by atoms with Crippen LogP contribution in [0.25, 0.3) is 0 Å². The zero-order valence-corrected chi connectivity index (χ0v) is 17.8. The van der Waals surface area contributed by atoms with Gasteiger partial charge in [0, 0.05) is 37.7 Å². The van der Waals surface area contributed by atoms with Gasteiger partial charge >= 0.3 is 0 Å². The molecule has 0 bridgehead atoms. The smallest absolute Gasteiger partial charge is 0.254 e. The summed E-state index contributed by atoms with van der Waals surface area (Å²) in [7, 11) is 1.55. The first kappa shape index (κ1) is 21.9. The molecule has 0 unspecified atom stereocenters. The van der Waals surface area contributed by atoms with Crippen molar-refractivity contribution in [3.05, 3.63) is 47.0 Å². The van der Waals surface area contributed by atoms with Gasteiger partial charge < -0.3 is 19.9 Å². The molecule has 160 valence electrons. The van der Waals surface area contributed by atoms with Gasteiger partial charge in [0.15, 0.2) is 5.13 Å². The maximum Gasteiger partial charge on any atom is 0.254 e. The molecule has 3 amide bonds. The minimum Gasteiger partial charge on any atom is -0.383 e. The number of ether oxygens (including phenoxy) is 1. The van der Waals surface area contributed by atoms with Crippen molar-refractivity contribution >= 4 is 34.2 Å². The normalized spacial score (nSPS) is 13.3. The number of thiazole rings is 1. The molecule has 1 aliphatic heterocycles. The lowest BCUT2D eigenvalue weighted by Gasteiger charge is -2.21. The maximum atomic E-state index is 12.7. The largest absolute Gasteiger partial charge is 0.383 e. The molecule has 1 aromatic heterocycles. The Balaban J connectivity index is 1.56. The molecule has 1 aliphatic rings. The monoisotopic (exact) mass is 430 g/mol. The van der Waals surface area contributed by atoms with E-state index in [9.17, 15) is 14.4 Å². The molecule has 0 aliphatic carbocycles. The minimum absolute atomic E-state index is 0.0647. The fraction of sp³-hybridized carbons (Fsp3) is 0.429. The number of methoxy groups -OCH3 is 1. The summed E-state index contributed by atoms with van der Waals surface area (Å²) in [5.41, 5.74) is 1.15. The Bertz CT molecular complexity index is 865. The Labute approximate surface area is 179 Å². The molecule has 2 heterocycles. The average Bonchev–Trinajstić information content (AvgIpc) is 3.43. The van der Waals surface area contributed by atoms with Crippen LogP contribution in [-0.2, 0) is 20.7 Å². The lowest BCUT2D eigenvalue weighted by atomic mass is 10.2. The van der Waals surface area contributed by atoms with Gasteiger partial charge in [-0.3, -0.25) is 14.4 Å². The summed E-state index contributed by atoms with van der Waals surface area (Å²) in [5.74, 6) is -0.518. The van der Waals surface area contributed by atoms with Gasteiger partial charge in [-0.25, -0.2) is 4.98 Å². The highest BCUT2D eigenvalue weighted by atomic mass is 32.1. The van der Waals surface area contributed by atoms with Crippen molar-refractivity contribution < 1.29 is 19.1 Å². The first-order valence-corrected chi connectivity index (χ1v) is 10.8. The lowest BCUT2D eigenvalue weighted by Crippen LogP contribution is -2.40. The number of aromatic nitrogens is 1. The number of nitrogens with zero attached hydrogens (tertiary/aromatic N) is 3. The molecule has 1 fully saturated rings. The molecule has 0 atom stereocenters. The van der Waals surface area contributed by atoms with E-state index < -0.39 is 0 Å². The van der Waals surface area contributed by atoms with Crippen LogP contribution >= 0.6 is 11.3 Å². The molecule has 9 heteroatoms. The molecule has 0 spiro atoms. The lowest BCUT2D eigenvalue weighted by molar-refractivity contribution is -0.129. The molecule has 8 nitrogen and oxygen atoms in total. The van der Waals surface area contributed by atoms with Crippen LogP contribution in [0.3, 0.4) is 0 Å². The van der Waals surface area contributed by atoms with Gasteiger partial charge in [-0.15, -0.1) is 11.3 Å². The van der Waals surface area contributed by atoms with E-state index >= 15 is 0 Å². The van der Waals surface area contributed by atoms with E-state index in [2.05, 4.69) is 10.3 Å². The van der Waals surface area contributed by atoms with Crippen LogP contribution in [0.1, 0.15) is 28.9 Å². The van der Waals surface area contributed by atoms with Gasteiger partial charge in [-0.1, -0.05) is 18.2 Å². The van der Waals surface area contributed by atoms with Crippen LogP contribution < -0.4 is 5.32 Å². The summed E-state index contributed by atoms with van der Waals surface area (Å²) in [6.07, 6.45) is 2.33. The topological polar surface area (TPSA) is 91.8 Å². The van der Waals surface area contributed by atoms with Crippen molar-refractivity contribution in [3.63, 3.8) is 0 Å². The number of benzene rings is 1. The van der Waals surface area contributed by atoms with Crippen molar-refractivity contribution in [2.45, 2.75) is 19.3 Å². The number of nitrogens with one attached hydrogen (secondary N) is 1. The molecule has 0 saturated carbocycles. The number of hydrogen-bond acceptors (Lipinski definition) is 6. The van der Waals surface area contributed by atoms with Crippen LogP contribution in [0, 0.1) is 0 Å². The minimum atomic E-state index is -0.345. The van der Waals surface area contributed by atoms with E-state index in [1.807, 2.05) is 11.0 Å². The van der Waals surface area contributed by atoms with Crippen molar-refractivity contribution in [1.82, 2.24) is 14.8 Å². The summed E-state index contributed by atoms with van der Waals surface area (Å²) in [5, 5.41) is 4.93. The highest BCUT2D eigenvalue weighted by molar-refractivity contribution is 7.13. The summed E-state index contributed by atoms with van der Waals surface area (Å²) in [6, 6.07) is 8.82.